The molecule has 1 aromatic heterocycles. The Labute approximate surface area is 193 Å². The monoisotopic (exact) mass is 453 g/mol. The number of aryl methyl sites for hydroxylation is 2. The Morgan fingerprint density at radius 1 is 1.15 bits per heavy atom. The van der Waals surface area contributed by atoms with Gasteiger partial charge in [-0.1, -0.05) is 11.2 Å². The Bertz CT molecular complexity index is 1110. The van der Waals surface area contributed by atoms with Gasteiger partial charge in [-0.25, -0.2) is 9.79 Å². The summed E-state index contributed by atoms with van der Waals surface area (Å²) in [6.07, 6.45) is 7.76. The molecule has 8 nitrogen and oxygen atoms in total. The highest BCUT2D eigenvalue weighted by Crippen LogP contribution is 2.40. The van der Waals surface area contributed by atoms with Crippen molar-refractivity contribution in [2.24, 2.45) is 4.99 Å². The Hall–Kier alpha value is -2.87. The fourth-order valence-corrected chi connectivity index (χ4v) is 5.06. The molecule has 2 heterocycles. The van der Waals surface area contributed by atoms with E-state index in [1.165, 1.54) is 41.2 Å². The standard InChI is InChI=1S/C25H31N3O5/c1-4-31-22(29)25(19-13-20(33-28-19)24(2,3)30)14-26-23(32-25)27-21-17-10-6-5-8-15(17)12-16-9-7-11-18(16)21/h12-13,30H,4-11,14H2,1-3H3,(H,26,27). The lowest BCUT2D eigenvalue weighted by Crippen LogP contribution is -2.42. The molecular formula is C25H31N3O5. The number of carbonyl (C=O) groups is 1. The zero-order valence-corrected chi connectivity index (χ0v) is 19.5. The van der Waals surface area contributed by atoms with Gasteiger partial charge in [-0.05, 0) is 88.0 Å². The maximum absolute atomic E-state index is 13.1. The third-order valence-electron chi connectivity index (χ3n) is 6.80. The molecule has 8 heteroatoms. The van der Waals surface area contributed by atoms with Crippen LogP contribution in [-0.2, 0) is 51.2 Å². The minimum Gasteiger partial charge on any atom is -0.463 e. The number of anilines is 1. The van der Waals surface area contributed by atoms with Crippen LogP contribution in [0.15, 0.2) is 21.6 Å². The molecule has 2 N–H and O–H groups in total. The van der Waals surface area contributed by atoms with Crippen LogP contribution in [0.5, 0.6) is 0 Å². The number of hydrogen-bond donors (Lipinski definition) is 2. The summed E-state index contributed by atoms with van der Waals surface area (Å²) in [4.78, 5) is 17.6. The molecule has 0 spiro atoms. The molecule has 1 unspecified atom stereocenters. The average Bonchev–Trinajstić information content (AvgIpc) is 3.53. The van der Waals surface area contributed by atoms with Gasteiger partial charge in [0.1, 0.15) is 17.8 Å². The second-order valence-corrected chi connectivity index (χ2v) is 9.62. The number of rotatable bonds is 5. The van der Waals surface area contributed by atoms with Crippen LogP contribution in [-0.4, -0.2) is 35.4 Å². The van der Waals surface area contributed by atoms with E-state index in [-0.39, 0.29) is 30.6 Å². The van der Waals surface area contributed by atoms with Crippen molar-refractivity contribution in [3.8, 4) is 0 Å². The molecule has 1 aliphatic heterocycles. The van der Waals surface area contributed by atoms with E-state index < -0.39 is 17.2 Å². The van der Waals surface area contributed by atoms with E-state index in [0.717, 1.165) is 37.8 Å². The van der Waals surface area contributed by atoms with Crippen molar-refractivity contribution in [1.29, 1.82) is 0 Å². The lowest BCUT2D eigenvalue weighted by atomic mass is 9.87. The molecule has 2 aliphatic carbocycles. The fourth-order valence-electron chi connectivity index (χ4n) is 5.06. The van der Waals surface area contributed by atoms with Crippen LogP contribution in [0.2, 0.25) is 0 Å². The summed E-state index contributed by atoms with van der Waals surface area (Å²) in [5.74, 6) is -0.345. The Morgan fingerprint density at radius 3 is 2.55 bits per heavy atom. The summed E-state index contributed by atoms with van der Waals surface area (Å²) in [7, 11) is 0. The third-order valence-corrected chi connectivity index (χ3v) is 6.80. The molecule has 176 valence electrons. The topological polar surface area (TPSA) is 106 Å². The third kappa shape index (κ3) is 3.80. The van der Waals surface area contributed by atoms with Crippen LogP contribution in [0.4, 0.5) is 5.69 Å². The highest BCUT2D eigenvalue weighted by atomic mass is 16.6. The van der Waals surface area contributed by atoms with Crippen molar-refractivity contribution in [2.45, 2.75) is 76.9 Å². The fraction of sp³-hybridized carbons (Fsp3) is 0.560. The molecule has 1 atom stereocenters. The molecule has 0 saturated heterocycles. The Morgan fingerprint density at radius 2 is 1.85 bits per heavy atom. The number of esters is 1. The van der Waals surface area contributed by atoms with Crippen molar-refractivity contribution >= 4 is 17.7 Å². The number of nitrogens with zero attached hydrogens (tertiary/aromatic N) is 2. The predicted octanol–water partition coefficient (Wildman–Crippen LogP) is 3.53. The molecule has 2 aromatic rings. The largest absolute Gasteiger partial charge is 0.463 e. The number of hydrogen-bond acceptors (Lipinski definition) is 8. The molecule has 0 saturated carbocycles. The minimum absolute atomic E-state index is 0.0171. The summed E-state index contributed by atoms with van der Waals surface area (Å²) in [5, 5.41) is 17.8. The molecule has 3 aliphatic rings. The number of fused-ring (bicyclic) bond motifs is 2. The summed E-state index contributed by atoms with van der Waals surface area (Å²) >= 11 is 0. The van der Waals surface area contributed by atoms with E-state index >= 15 is 0 Å². The van der Waals surface area contributed by atoms with Crippen molar-refractivity contribution in [3.63, 3.8) is 0 Å². The lowest BCUT2D eigenvalue weighted by molar-refractivity contribution is -0.162. The molecule has 5 rings (SSSR count). The summed E-state index contributed by atoms with van der Waals surface area (Å²) in [6.45, 7) is 5.13. The maximum Gasteiger partial charge on any atom is 0.359 e. The van der Waals surface area contributed by atoms with Gasteiger partial charge >= 0.3 is 5.97 Å². The van der Waals surface area contributed by atoms with Crippen LogP contribution in [0.3, 0.4) is 0 Å². The van der Waals surface area contributed by atoms with Gasteiger partial charge < -0.3 is 24.4 Å². The first-order valence-corrected chi connectivity index (χ1v) is 11.9. The number of aromatic nitrogens is 1. The summed E-state index contributed by atoms with van der Waals surface area (Å²) in [5.41, 5.74) is 4.02. The molecule has 0 amide bonds. The number of aliphatic imine (C=N–C) groups is 1. The second-order valence-electron chi connectivity index (χ2n) is 9.62. The van der Waals surface area contributed by atoms with Crippen LogP contribution in [0, 0.1) is 0 Å². The number of aliphatic hydroxyl groups is 1. The zero-order valence-electron chi connectivity index (χ0n) is 19.5. The second kappa shape index (κ2) is 8.17. The van der Waals surface area contributed by atoms with E-state index in [2.05, 4.69) is 21.5 Å². The number of ether oxygens (including phenoxy) is 2. The van der Waals surface area contributed by atoms with Gasteiger partial charge in [0, 0.05) is 11.8 Å². The molecule has 0 fully saturated rings. The SMILES string of the molecule is CCOC(=O)C1(c2cc(C(C)(C)O)on2)CN=C(Nc2c3c(cc4c2CCC4)CCCC3)O1. The van der Waals surface area contributed by atoms with E-state index in [1.54, 1.807) is 20.8 Å². The van der Waals surface area contributed by atoms with Gasteiger partial charge in [0.2, 0.25) is 0 Å². The van der Waals surface area contributed by atoms with Gasteiger partial charge in [0.25, 0.3) is 11.6 Å². The normalized spacial score (nSPS) is 21.8. The van der Waals surface area contributed by atoms with E-state index in [9.17, 15) is 9.90 Å². The molecule has 0 bridgehead atoms. The molecular weight excluding hydrogens is 422 g/mol. The van der Waals surface area contributed by atoms with Crippen molar-refractivity contribution in [2.75, 3.05) is 18.5 Å². The number of nitrogens with one attached hydrogen (secondary N) is 1. The number of benzene rings is 1. The molecule has 1 aromatic carbocycles. The summed E-state index contributed by atoms with van der Waals surface area (Å²) < 4.78 is 16.8. The van der Waals surface area contributed by atoms with E-state index in [0.29, 0.717) is 0 Å². The highest BCUT2D eigenvalue weighted by Gasteiger charge is 2.52. The van der Waals surface area contributed by atoms with Crippen LogP contribution in [0.1, 0.15) is 73.7 Å². The van der Waals surface area contributed by atoms with Crippen molar-refractivity contribution in [1.82, 2.24) is 5.16 Å². The first kappa shape index (κ1) is 21.9. The quantitative estimate of drug-likeness (QED) is 0.667. The van der Waals surface area contributed by atoms with E-state index in [1.807, 2.05) is 0 Å². The van der Waals surface area contributed by atoms with Crippen molar-refractivity contribution in [3.05, 3.63) is 45.8 Å². The zero-order chi connectivity index (χ0) is 23.2. The van der Waals surface area contributed by atoms with E-state index in [4.69, 9.17) is 14.0 Å². The van der Waals surface area contributed by atoms with Gasteiger partial charge in [0.15, 0.2) is 5.76 Å². The molecule has 33 heavy (non-hydrogen) atoms. The molecule has 0 radical (unpaired) electrons. The summed E-state index contributed by atoms with van der Waals surface area (Å²) in [6, 6.07) is 4.21. The predicted molar refractivity (Wildman–Crippen MR) is 122 cm³/mol. The van der Waals surface area contributed by atoms with Crippen LogP contribution >= 0.6 is 0 Å². The average molecular weight is 454 g/mol. The Balaban J connectivity index is 1.47. The number of amidine groups is 1. The minimum atomic E-state index is -1.55. The van der Waals surface area contributed by atoms with Crippen LogP contribution < -0.4 is 5.32 Å². The first-order chi connectivity index (χ1) is 15.8. The van der Waals surface area contributed by atoms with Gasteiger partial charge in [-0.15, -0.1) is 0 Å². The van der Waals surface area contributed by atoms with Crippen molar-refractivity contribution < 1.29 is 23.9 Å². The highest BCUT2D eigenvalue weighted by molar-refractivity contribution is 5.96. The smallest absolute Gasteiger partial charge is 0.359 e. The van der Waals surface area contributed by atoms with Gasteiger partial charge in [0.05, 0.1) is 6.61 Å². The van der Waals surface area contributed by atoms with Gasteiger partial charge in [-0.3, -0.25) is 0 Å². The first-order valence-electron chi connectivity index (χ1n) is 11.9. The van der Waals surface area contributed by atoms with Gasteiger partial charge in [-0.2, -0.15) is 0 Å². The lowest BCUT2D eigenvalue weighted by Gasteiger charge is -2.26. The Kier molecular flexibility index (Phi) is 5.43. The maximum atomic E-state index is 13.1. The van der Waals surface area contributed by atoms with Crippen LogP contribution in [0.25, 0.3) is 0 Å². The number of carbonyl (C=O) groups excluding carboxylic acids is 1.